The van der Waals surface area contributed by atoms with Crippen molar-refractivity contribution in [2.24, 2.45) is 5.92 Å². The summed E-state index contributed by atoms with van der Waals surface area (Å²) in [5.74, 6) is 0.385. The van der Waals surface area contributed by atoms with E-state index in [1.54, 1.807) is 12.1 Å². The molecule has 1 amide bonds. The molecule has 1 aromatic carbocycles. The predicted octanol–water partition coefficient (Wildman–Crippen LogP) is 2.28. The van der Waals surface area contributed by atoms with Crippen LogP contribution in [0.5, 0.6) is 0 Å². The molecule has 1 aromatic rings. The Hall–Kier alpha value is -0.920. The van der Waals surface area contributed by atoms with Crippen LogP contribution in [-0.4, -0.2) is 27.4 Å². The van der Waals surface area contributed by atoms with Crippen molar-refractivity contribution in [3.63, 3.8) is 0 Å². The average molecular weight is 377 g/mol. The van der Waals surface area contributed by atoms with Gasteiger partial charge in [0, 0.05) is 24.0 Å². The first kappa shape index (κ1) is 18.1. The number of carbonyl (C=O) groups is 1. The number of nitrogens with one attached hydrogen (secondary N) is 2. The molecule has 0 fully saturated rings. The summed E-state index contributed by atoms with van der Waals surface area (Å²) in [7, 11) is -3.56. The maximum Gasteiger partial charge on any atom is 0.240 e. The summed E-state index contributed by atoms with van der Waals surface area (Å²) in [5, 5.41) is 2.77. The number of rotatable bonds is 8. The molecule has 0 aliphatic heterocycles. The third kappa shape index (κ3) is 7.06. The quantitative estimate of drug-likeness (QED) is 0.730. The highest BCUT2D eigenvalue weighted by atomic mass is 79.9. The molecule has 0 saturated carbocycles. The van der Waals surface area contributed by atoms with E-state index in [-0.39, 0.29) is 23.8 Å². The van der Waals surface area contributed by atoms with Crippen LogP contribution >= 0.6 is 15.9 Å². The fourth-order valence-electron chi connectivity index (χ4n) is 1.58. The molecule has 0 aliphatic rings. The molecule has 0 bridgehead atoms. The standard InChI is InChI=1S/C14H21BrN2O3S/c1-11(2)7-9-16-14(18)8-10-17-21(19,20)13-5-3-12(15)4-6-13/h3-6,11,17H,7-10H2,1-2H3,(H,16,18). The Morgan fingerprint density at radius 1 is 1.19 bits per heavy atom. The van der Waals surface area contributed by atoms with Crippen molar-refractivity contribution < 1.29 is 13.2 Å². The van der Waals surface area contributed by atoms with Gasteiger partial charge < -0.3 is 5.32 Å². The molecule has 0 aliphatic carbocycles. The Bertz CT molecular complexity index is 556. The Morgan fingerprint density at radius 3 is 2.38 bits per heavy atom. The fourth-order valence-corrected chi connectivity index (χ4v) is 2.88. The topological polar surface area (TPSA) is 75.3 Å². The number of halogens is 1. The summed E-state index contributed by atoms with van der Waals surface area (Å²) >= 11 is 3.25. The van der Waals surface area contributed by atoms with Gasteiger partial charge in [0.1, 0.15) is 0 Å². The van der Waals surface area contributed by atoms with E-state index in [1.807, 2.05) is 0 Å². The minimum atomic E-state index is -3.56. The summed E-state index contributed by atoms with van der Waals surface area (Å²) in [5.41, 5.74) is 0. The van der Waals surface area contributed by atoms with E-state index < -0.39 is 10.0 Å². The van der Waals surface area contributed by atoms with Crippen LogP contribution in [0.3, 0.4) is 0 Å². The van der Waals surface area contributed by atoms with Crippen molar-refractivity contribution in [3.05, 3.63) is 28.7 Å². The zero-order valence-corrected chi connectivity index (χ0v) is 14.6. The Labute approximate surface area is 134 Å². The fraction of sp³-hybridized carbons (Fsp3) is 0.500. The van der Waals surface area contributed by atoms with E-state index in [0.717, 1.165) is 10.9 Å². The van der Waals surface area contributed by atoms with Gasteiger partial charge >= 0.3 is 0 Å². The van der Waals surface area contributed by atoms with Crippen LogP contribution in [-0.2, 0) is 14.8 Å². The van der Waals surface area contributed by atoms with Gasteiger partial charge in [-0.2, -0.15) is 0 Å². The van der Waals surface area contributed by atoms with Crippen LogP contribution < -0.4 is 10.0 Å². The second kappa shape index (κ2) is 8.51. The Balaban J connectivity index is 2.37. The molecule has 2 N–H and O–H groups in total. The normalized spacial score (nSPS) is 11.6. The molecule has 118 valence electrons. The van der Waals surface area contributed by atoms with Crippen molar-refractivity contribution in [1.82, 2.24) is 10.0 Å². The number of carbonyl (C=O) groups excluding carboxylic acids is 1. The molecule has 1 rings (SSSR count). The van der Waals surface area contributed by atoms with Gasteiger partial charge in [-0.3, -0.25) is 4.79 Å². The lowest BCUT2D eigenvalue weighted by Crippen LogP contribution is -2.31. The summed E-state index contributed by atoms with van der Waals surface area (Å²) in [6, 6.07) is 6.34. The minimum absolute atomic E-state index is 0.0892. The largest absolute Gasteiger partial charge is 0.356 e. The third-order valence-corrected chi connectivity index (χ3v) is 4.82. The number of benzene rings is 1. The highest BCUT2D eigenvalue weighted by Crippen LogP contribution is 2.14. The van der Waals surface area contributed by atoms with Gasteiger partial charge in [-0.15, -0.1) is 0 Å². The van der Waals surface area contributed by atoms with Gasteiger partial charge in [0.05, 0.1) is 4.90 Å². The van der Waals surface area contributed by atoms with E-state index in [1.165, 1.54) is 12.1 Å². The van der Waals surface area contributed by atoms with E-state index in [0.29, 0.717) is 12.5 Å². The molecule has 0 radical (unpaired) electrons. The Kier molecular flexibility index (Phi) is 7.34. The SMILES string of the molecule is CC(C)CCNC(=O)CCNS(=O)(=O)c1ccc(Br)cc1. The number of sulfonamides is 1. The molecule has 7 heteroatoms. The van der Waals surface area contributed by atoms with Crippen molar-refractivity contribution in [1.29, 1.82) is 0 Å². The molecule has 0 aromatic heterocycles. The molecule has 0 atom stereocenters. The smallest absolute Gasteiger partial charge is 0.240 e. The first-order chi connectivity index (χ1) is 9.81. The zero-order chi connectivity index (χ0) is 15.9. The van der Waals surface area contributed by atoms with Crippen molar-refractivity contribution in [2.75, 3.05) is 13.1 Å². The van der Waals surface area contributed by atoms with Crippen LogP contribution in [0.15, 0.2) is 33.6 Å². The minimum Gasteiger partial charge on any atom is -0.356 e. The predicted molar refractivity (Wildman–Crippen MR) is 86.4 cm³/mol. The summed E-state index contributed by atoms with van der Waals surface area (Å²) in [4.78, 5) is 11.7. The lowest BCUT2D eigenvalue weighted by Gasteiger charge is -2.08. The summed E-state index contributed by atoms with van der Waals surface area (Å²) < 4.78 is 27.2. The Morgan fingerprint density at radius 2 is 1.81 bits per heavy atom. The van der Waals surface area contributed by atoms with Gasteiger partial charge in [0.2, 0.25) is 15.9 Å². The molecular formula is C14H21BrN2O3S. The van der Waals surface area contributed by atoms with E-state index in [4.69, 9.17) is 0 Å². The van der Waals surface area contributed by atoms with Crippen LogP contribution in [0.1, 0.15) is 26.7 Å². The van der Waals surface area contributed by atoms with E-state index >= 15 is 0 Å². The number of amides is 1. The molecule has 0 unspecified atom stereocenters. The molecule has 5 nitrogen and oxygen atoms in total. The third-order valence-electron chi connectivity index (χ3n) is 2.81. The van der Waals surface area contributed by atoms with Crippen LogP contribution in [0.25, 0.3) is 0 Å². The van der Waals surface area contributed by atoms with E-state index in [9.17, 15) is 13.2 Å². The number of hydrogen-bond donors (Lipinski definition) is 2. The van der Waals surface area contributed by atoms with Crippen LogP contribution in [0.2, 0.25) is 0 Å². The zero-order valence-electron chi connectivity index (χ0n) is 12.2. The second-order valence-electron chi connectivity index (χ2n) is 5.13. The average Bonchev–Trinajstić information content (AvgIpc) is 2.38. The molecular weight excluding hydrogens is 356 g/mol. The van der Waals surface area contributed by atoms with Crippen molar-refractivity contribution >= 4 is 31.9 Å². The highest BCUT2D eigenvalue weighted by molar-refractivity contribution is 9.10. The maximum atomic E-state index is 12.0. The van der Waals surface area contributed by atoms with Gasteiger partial charge in [0.15, 0.2) is 0 Å². The van der Waals surface area contributed by atoms with E-state index in [2.05, 4.69) is 39.8 Å². The molecule has 0 spiro atoms. The summed E-state index contributed by atoms with van der Waals surface area (Å²) in [6.45, 7) is 4.87. The first-order valence-electron chi connectivity index (χ1n) is 6.83. The van der Waals surface area contributed by atoms with Crippen molar-refractivity contribution in [2.45, 2.75) is 31.6 Å². The monoisotopic (exact) mass is 376 g/mol. The second-order valence-corrected chi connectivity index (χ2v) is 7.82. The molecule has 0 heterocycles. The summed E-state index contributed by atoms with van der Waals surface area (Å²) in [6.07, 6.45) is 1.05. The van der Waals surface area contributed by atoms with Gasteiger partial charge in [-0.05, 0) is 36.6 Å². The lowest BCUT2D eigenvalue weighted by atomic mass is 10.1. The highest BCUT2D eigenvalue weighted by Gasteiger charge is 2.13. The first-order valence-corrected chi connectivity index (χ1v) is 9.11. The van der Waals surface area contributed by atoms with Crippen molar-refractivity contribution in [3.8, 4) is 0 Å². The van der Waals surface area contributed by atoms with Crippen LogP contribution in [0, 0.1) is 5.92 Å². The molecule has 0 saturated heterocycles. The van der Waals surface area contributed by atoms with Gasteiger partial charge in [0.25, 0.3) is 0 Å². The number of hydrogen-bond acceptors (Lipinski definition) is 3. The van der Waals surface area contributed by atoms with Crippen LogP contribution in [0.4, 0.5) is 0 Å². The maximum absolute atomic E-state index is 12.0. The van der Waals surface area contributed by atoms with Gasteiger partial charge in [-0.25, -0.2) is 13.1 Å². The van der Waals surface area contributed by atoms with Gasteiger partial charge in [-0.1, -0.05) is 29.8 Å². The lowest BCUT2D eigenvalue weighted by molar-refractivity contribution is -0.120. The molecule has 21 heavy (non-hydrogen) atoms.